The zero-order valence-electron chi connectivity index (χ0n) is 11.8. The number of hydrogen-bond acceptors (Lipinski definition) is 3. The van der Waals surface area contributed by atoms with Gasteiger partial charge < -0.3 is 5.32 Å². The van der Waals surface area contributed by atoms with E-state index >= 15 is 0 Å². The van der Waals surface area contributed by atoms with E-state index in [0.717, 1.165) is 5.69 Å². The average Bonchev–Trinajstić information content (AvgIpc) is 2.38. The number of carbonyl (C=O) groups excluding carboxylic acids is 1. The standard InChI is InChI=1S/C15H17N3O2/c1-10(2)16-15(20)14-13(19)9-11(3)18(17-14)12-7-5-4-6-8-12/h4-10H,1-3H3,(H,16,20). The molecule has 0 aliphatic carbocycles. The van der Waals surface area contributed by atoms with Gasteiger partial charge in [-0.3, -0.25) is 9.59 Å². The summed E-state index contributed by atoms with van der Waals surface area (Å²) in [6, 6.07) is 10.8. The number of rotatable bonds is 3. The van der Waals surface area contributed by atoms with Crippen molar-refractivity contribution in [2.45, 2.75) is 26.8 Å². The van der Waals surface area contributed by atoms with Gasteiger partial charge in [0.05, 0.1) is 5.69 Å². The van der Waals surface area contributed by atoms with Crippen LogP contribution < -0.4 is 10.7 Å². The fourth-order valence-corrected chi connectivity index (χ4v) is 1.87. The van der Waals surface area contributed by atoms with Crippen molar-refractivity contribution >= 4 is 5.91 Å². The number of carbonyl (C=O) groups is 1. The molecule has 0 unspecified atom stereocenters. The monoisotopic (exact) mass is 271 g/mol. The van der Waals surface area contributed by atoms with Crippen LogP contribution in [-0.2, 0) is 0 Å². The third-order valence-corrected chi connectivity index (χ3v) is 2.74. The van der Waals surface area contributed by atoms with E-state index in [1.807, 2.05) is 44.2 Å². The van der Waals surface area contributed by atoms with Gasteiger partial charge in [0, 0.05) is 17.8 Å². The summed E-state index contributed by atoms with van der Waals surface area (Å²) < 4.78 is 1.59. The first kappa shape index (κ1) is 14.0. The molecule has 104 valence electrons. The molecule has 2 aromatic rings. The number of aromatic nitrogens is 2. The molecule has 0 bridgehead atoms. The van der Waals surface area contributed by atoms with Crippen LogP contribution in [0.5, 0.6) is 0 Å². The third-order valence-electron chi connectivity index (χ3n) is 2.74. The van der Waals surface area contributed by atoms with Gasteiger partial charge in [0.25, 0.3) is 5.91 Å². The minimum absolute atomic E-state index is 0.0461. The normalized spacial score (nSPS) is 10.6. The Morgan fingerprint density at radius 3 is 2.50 bits per heavy atom. The van der Waals surface area contributed by atoms with E-state index in [-0.39, 0.29) is 17.2 Å². The zero-order valence-corrected chi connectivity index (χ0v) is 11.8. The Balaban J connectivity index is 2.51. The smallest absolute Gasteiger partial charge is 0.276 e. The highest BCUT2D eigenvalue weighted by atomic mass is 16.2. The van der Waals surface area contributed by atoms with Crippen molar-refractivity contribution in [3.05, 3.63) is 58.0 Å². The van der Waals surface area contributed by atoms with Crippen molar-refractivity contribution < 1.29 is 4.79 Å². The second-order valence-electron chi connectivity index (χ2n) is 4.87. The lowest BCUT2D eigenvalue weighted by atomic mass is 10.2. The Kier molecular flexibility index (Phi) is 3.98. The number of amides is 1. The van der Waals surface area contributed by atoms with Crippen LogP contribution in [0.2, 0.25) is 0 Å². The summed E-state index contributed by atoms with van der Waals surface area (Å²) in [5.41, 5.74) is 1.03. The highest BCUT2D eigenvalue weighted by Crippen LogP contribution is 2.07. The van der Waals surface area contributed by atoms with Crippen molar-refractivity contribution in [2.75, 3.05) is 0 Å². The fraction of sp³-hybridized carbons (Fsp3) is 0.267. The van der Waals surface area contributed by atoms with Crippen LogP contribution in [0, 0.1) is 6.92 Å². The summed E-state index contributed by atoms with van der Waals surface area (Å²) in [4.78, 5) is 23.9. The molecular formula is C15H17N3O2. The summed E-state index contributed by atoms with van der Waals surface area (Å²) in [5.74, 6) is -0.449. The van der Waals surface area contributed by atoms with Gasteiger partial charge >= 0.3 is 0 Å². The second-order valence-corrected chi connectivity index (χ2v) is 4.87. The Morgan fingerprint density at radius 1 is 1.25 bits per heavy atom. The molecule has 5 heteroatoms. The summed E-state index contributed by atoms with van der Waals surface area (Å²) >= 11 is 0. The zero-order chi connectivity index (χ0) is 14.7. The maximum Gasteiger partial charge on any atom is 0.276 e. The topological polar surface area (TPSA) is 64.0 Å². The molecule has 0 radical (unpaired) electrons. The van der Waals surface area contributed by atoms with E-state index in [1.165, 1.54) is 6.07 Å². The lowest BCUT2D eigenvalue weighted by molar-refractivity contribution is 0.0935. The van der Waals surface area contributed by atoms with Gasteiger partial charge in [0.2, 0.25) is 5.43 Å². The number of nitrogens with one attached hydrogen (secondary N) is 1. The van der Waals surface area contributed by atoms with Crippen LogP contribution in [0.4, 0.5) is 0 Å². The van der Waals surface area contributed by atoms with Crippen LogP contribution in [-0.4, -0.2) is 21.7 Å². The van der Waals surface area contributed by atoms with Crippen LogP contribution in [0.25, 0.3) is 5.69 Å². The molecule has 0 atom stereocenters. The van der Waals surface area contributed by atoms with Crippen LogP contribution in [0.1, 0.15) is 30.0 Å². The highest BCUT2D eigenvalue weighted by molar-refractivity contribution is 5.92. The molecule has 1 N–H and O–H groups in total. The summed E-state index contributed by atoms with van der Waals surface area (Å²) in [7, 11) is 0. The van der Waals surface area contributed by atoms with Gasteiger partial charge in [-0.15, -0.1) is 0 Å². The second kappa shape index (κ2) is 5.69. The molecule has 5 nitrogen and oxygen atoms in total. The van der Waals surface area contributed by atoms with Crippen molar-refractivity contribution in [1.29, 1.82) is 0 Å². The predicted octanol–water partition coefficient (Wildman–Crippen LogP) is 1.68. The molecule has 0 aliphatic heterocycles. The fourth-order valence-electron chi connectivity index (χ4n) is 1.87. The molecule has 1 heterocycles. The first-order valence-electron chi connectivity index (χ1n) is 6.46. The SMILES string of the molecule is Cc1cc(=O)c(C(=O)NC(C)C)nn1-c1ccccc1. The molecule has 20 heavy (non-hydrogen) atoms. The van der Waals surface area contributed by atoms with Crippen LogP contribution in [0.15, 0.2) is 41.2 Å². The van der Waals surface area contributed by atoms with Crippen molar-refractivity contribution in [3.63, 3.8) is 0 Å². The van der Waals surface area contributed by atoms with Gasteiger partial charge in [-0.2, -0.15) is 5.10 Å². The summed E-state index contributed by atoms with van der Waals surface area (Å²) in [6.45, 7) is 5.45. The maximum atomic E-state index is 12.0. The largest absolute Gasteiger partial charge is 0.348 e. The summed E-state index contributed by atoms with van der Waals surface area (Å²) in [6.07, 6.45) is 0. The van der Waals surface area contributed by atoms with E-state index in [0.29, 0.717) is 5.69 Å². The first-order chi connectivity index (χ1) is 9.49. The number of nitrogens with zero attached hydrogens (tertiary/aromatic N) is 2. The molecule has 2 rings (SSSR count). The molecule has 1 aromatic heterocycles. The average molecular weight is 271 g/mol. The van der Waals surface area contributed by atoms with Gasteiger partial charge in [0.15, 0.2) is 5.69 Å². The van der Waals surface area contributed by atoms with Gasteiger partial charge in [-0.1, -0.05) is 18.2 Å². The Labute approximate surface area is 117 Å². The van der Waals surface area contributed by atoms with Gasteiger partial charge in [0.1, 0.15) is 0 Å². The molecule has 1 amide bonds. The lowest BCUT2D eigenvalue weighted by Crippen LogP contribution is -2.35. The number of para-hydroxylation sites is 1. The molecule has 1 aromatic carbocycles. The highest BCUT2D eigenvalue weighted by Gasteiger charge is 2.15. The molecule has 0 spiro atoms. The number of hydrogen-bond donors (Lipinski definition) is 1. The Bertz CT molecular complexity index is 675. The number of benzene rings is 1. The first-order valence-corrected chi connectivity index (χ1v) is 6.46. The molecule has 0 saturated heterocycles. The quantitative estimate of drug-likeness (QED) is 0.923. The van der Waals surface area contributed by atoms with Gasteiger partial charge in [-0.25, -0.2) is 4.68 Å². The third kappa shape index (κ3) is 2.93. The molecule has 0 fully saturated rings. The number of aryl methyl sites for hydroxylation is 1. The lowest BCUT2D eigenvalue weighted by Gasteiger charge is -2.12. The predicted molar refractivity (Wildman–Crippen MR) is 77.2 cm³/mol. The summed E-state index contributed by atoms with van der Waals surface area (Å²) in [5, 5.41) is 6.87. The molecule has 0 saturated carbocycles. The van der Waals surface area contributed by atoms with Gasteiger partial charge in [-0.05, 0) is 32.9 Å². The van der Waals surface area contributed by atoms with Crippen molar-refractivity contribution in [1.82, 2.24) is 15.1 Å². The minimum atomic E-state index is -0.449. The van der Waals surface area contributed by atoms with Crippen molar-refractivity contribution in [3.8, 4) is 5.69 Å². The van der Waals surface area contributed by atoms with E-state index in [2.05, 4.69) is 10.4 Å². The Morgan fingerprint density at radius 2 is 1.90 bits per heavy atom. The van der Waals surface area contributed by atoms with E-state index in [4.69, 9.17) is 0 Å². The molecule has 0 aliphatic rings. The van der Waals surface area contributed by atoms with Crippen molar-refractivity contribution in [2.24, 2.45) is 0 Å². The molecular weight excluding hydrogens is 254 g/mol. The van der Waals surface area contributed by atoms with E-state index in [9.17, 15) is 9.59 Å². The van der Waals surface area contributed by atoms with Crippen LogP contribution in [0.3, 0.4) is 0 Å². The minimum Gasteiger partial charge on any atom is -0.348 e. The van der Waals surface area contributed by atoms with E-state index in [1.54, 1.807) is 11.6 Å². The Hall–Kier alpha value is -2.43. The maximum absolute atomic E-state index is 12.0. The van der Waals surface area contributed by atoms with Crippen LogP contribution >= 0.6 is 0 Å². The van der Waals surface area contributed by atoms with E-state index < -0.39 is 5.91 Å².